The predicted molar refractivity (Wildman–Crippen MR) is 83.6 cm³/mol. The SMILES string of the molecule is CNC(Cc1ccccn1)Cc1ccc(Br)cc1Cl. The van der Waals surface area contributed by atoms with Crippen molar-refractivity contribution in [3.63, 3.8) is 0 Å². The van der Waals surface area contributed by atoms with Crippen LogP contribution in [0, 0.1) is 0 Å². The summed E-state index contributed by atoms with van der Waals surface area (Å²) in [5.74, 6) is 0. The maximum atomic E-state index is 6.26. The molecular weight excluding hydrogens is 324 g/mol. The molecule has 1 N–H and O–H groups in total. The van der Waals surface area contributed by atoms with Gasteiger partial charge in [0.2, 0.25) is 0 Å². The van der Waals surface area contributed by atoms with Gasteiger partial charge < -0.3 is 5.32 Å². The quantitative estimate of drug-likeness (QED) is 0.894. The minimum atomic E-state index is 0.327. The minimum Gasteiger partial charge on any atom is -0.316 e. The second-order valence-corrected chi connectivity index (χ2v) is 5.77. The van der Waals surface area contributed by atoms with E-state index in [2.05, 4.69) is 32.3 Å². The monoisotopic (exact) mass is 338 g/mol. The fraction of sp³-hybridized carbons (Fsp3) is 0.267. The van der Waals surface area contributed by atoms with Crippen LogP contribution >= 0.6 is 27.5 Å². The van der Waals surface area contributed by atoms with Crippen LogP contribution in [0.2, 0.25) is 5.02 Å². The van der Waals surface area contributed by atoms with Gasteiger partial charge in [-0.3, -0.25) is 4.98 Å². The van der Waals surface area contributed by atoms with Gasteiger partial charge in [-0.25, -0.2) is 0 Å². The lowest BCUT2D eigenvalue weighted by molar-refractivity contribution is 0.550. The molecule has 1 atom stereocenters. The van der Waals surface area contributed by atoms with Gasteiger partial charge in [0.15, 0.2) is 0 Å². The van der Waals surface area contributed by atoms with E-state index >= 15 is 0 Å². The van der Waals surface area contributed by atoms with Crippen LogP contribution in [0.25, 0.3) is 0 Å². The number of hydrogen-bond donors (Lipinski definition) is 1. The van der Waals surface area contributed by atoms with E-state index in [1.807, 2.05) is 43.6 Å². The molecule has 0 aliphatic heterocycles. The number of likely N-dealkylation sites (N-methyl/N-ethyl adjacent to an activating group) is 1. The van der Waals surface area contributed by atoms with Crippen molar-refractivity contribution in [1.29, 1.82) is 0 Å². The second kappa shape index (κ2) is 7.04. The maximum Gasteiger partial charge on any atom is 0.0449 e. The van der Waals surface area contributed by atoms with Gasteiger partial charge in [0.1, 0.15) is 0 Å². The molecule has 100 valence electrons. The summed E-state index contributed by atoms with van der Waals surface area (Å²) in [5, 5.41) is 4.13. The van der Waals surface area contributed by atoms with E-state index in [9.17, 15) is 0 Å². The van der Waals surface area contributed by atoms with Gasteiger partial charge >= 0.3 is 0 Å². The molecule has 19 heavy (non-hydrogen) atoms. The Morgan fingerprint density at radius 2 is 2.11 bits per heavy atom. The van der Waals surface area contributed by atoms with Crippen LogP contribution < -0.4 is 5.32 Å². The molecule has 2 rings (SSSR count). The summed E-state index contributed by atoms with van der Waals surface area (Å²) in [7, 11) is 1.97. The first-order valence-electron chi connectivity index (χ1n) is 6.20. The van der Waals surface area contributed by atoms with Gasteiger partial charge in [0, 0.05) is 33.8 Å². The van der Waals surface area contributed by atoms with Crippen LogP contribution in [0.1, 0.15) is 11.3 Å². The second-order valence-electron chi connectivity index (χ2n) is 4.45. The van der Waals surface area contributed by atoms with E-state index in [1.165, 1.54) is 0 Å². The smallest absolute Gasteiger partial charge is 0.0449 e. The van der Waals surface area contributed by atoms with Crippen molar-refractivity contribution in [1.82, 2.24) is 10.3 Å². The lowest BCUT2D eigenvalue weighted by atomic mass is 10.0. The number of benzene rings is 1. The summed E-state index contributed by atoms with van der Waals surface area (Å²) in [6.45, 7) is 0. The number of hydrogen-bond acceptors (Lipinski definition) is 2. The number of halogens is 2. The van der Waals surface area contributed by atoms with Gasteiger partial charge in [0.25, 0.3) is 0 Å². The normalized spacial score (nSPS) is 12.4. The Morgan fingerprint density at radius 3 is 2.74 bits per heavy atom. The Morgan fingerprint density at radius 1 is 1.26 bits per heavy atom. The fourth-order valence-corrected chi connectivity index (χ4v) is 2.75. The van der Waals surface area contributed by atoms with Crippen LogP contribution in [-0.2, 0) is 12.8 Å². The Kier molecular flexibility index (Phi) is 5.37. The summed E-state index contributed by atoms with van der Waals surface area (Å²) in [6.07, 6.45) is 3.61. The molecule has 4 heteroatoms. The van der Waals surface area contributed by atoms with Crippen molar-refractivity contribution in [3.8, 4) is 0 Å². The molecule has 0 aliphatic rings. The largest absolute Gasteiger partial charge is 0.316 e. The van der Waals surface area contributed by atoms with Gasteiger partial charge in [-0.1, -0.05) is 39.7 Å². The van der Waals surface area contributed by atoms with Gasteiger partial charge in [-0.15, -0.1) is 0 Å². The van der Waals surface area contributed by atoms with E-state index in [-0.39, 0.29) is 0 Å². The molecule has 1 heterocycles. The standard InChI is InChI=1S/C15H16BrClN2/c1-18-14(10-13-4-2-3-7-19-13)8-11-5-6-12(16)9-15(11)17/h2-7,9,14,18H,8,10H2,1H3. The van der Waals surface area contributed by atoms with E-state index < -0.39 is 0 Å². The summed E-state index contributed by atoms with van der Waals surface area (Å²) in [6, 6.07) is 12.3. The zero-order valence-electron chi connectivity index (χ0n) is 10.7. The number of nitrogens with zero attached hydrogens (tertiary/aromatic N) is 1. The van der Waals surface area contributed by atoms with Crippen LogP contribution in [0.15, 0.2) is 47.1 Å². The van der Waals surface area contributed by atoms with E-state index in [0.717, 1.165) is 33.6 Å². The molecule has 0 saturated heterocycles. The highest BCUT2D eigenvalue weighted by Gasteiger charge is 2.11. The Labute approximate surface area is 127 Å². The lowest BCUT2D eigenvalue weighted by Crippen LogP contribution is -2.30. The zero-order chi connectivity index (χ0) is 13.7. The Balaban J connectivity index is 2.06. The van der Waals surface area contributed by atoms with Gasteiger partial charge in [-0.2, -0.15) is 0 Å². The molecule has 0 fully saturated rings. The van der Waals surface area contributed by atoms with Crippen molar-refractivity contribution >= 4 is 27.5 Å². The van der Waals surface area contributed by atoms with E-state index in [0.29, 0.717) is 6.04 Å². The molecule has 2 nitrogen and oxygen atoms in total. The predicted octanol–water partition coefficient (Wildman–Crippen LogP) is 3.87. The van der Waals surface area contributed by atoms with Crippen molar-refractivity contribution in [2.75, 3.05) is 7.05 Å². The maximum absolute atomic E-state index is 6.26. The minimum absolute atomic E-state index is 0.327. The number of aromatic nitrogens is 1. The average molecular weight is 340 g/mol. The first kappa shape index (κ1) is 14.5. The van der Waals surface area contributed by atoms with Crippen molar-refractivity contribution in [2.24, 2.45) is 0 Å². The fourth-order valence-electron chi connectivity index (χ4n) is 2.00. The third-order valence-corrected chi connectivity index (χ3v) is 3.92. The van der Waals surface area contributed by atoms with Gasteiger partial charge in [0.05, 0.1) is 0 Å². The molecule has 2 aromatic rings. The van der Waals surface area contributed by atoms with Crippen molar-refractivity contribution in [2.45, 2.75) is 18.9 Å². The third-order valence-electron chi connectivity index (χ3n) is 3.07. The summed E-state index contributed by atoms with van der Waals surface area (Å²) < 4.78 is 1.01. The van der Waals surface area contributed by atoms with Gasteiger partial charge in [-0.05, 0) is 43.3 Å². The number of nitrogens with one attached hydrogen (secondary N) is 1. The highest BCUT2D eigenvalue weighted by Crippen LogP contribution is 2.22. The molecule has 0 aliphatic carbocycles. The highest BCUT2D eigenvalue weighted by atomic mass is 79.9. The van der Waals surface area contributed by atoms with Crippen molar-refractivity contribution < 1.29 is 0 Å². The summed E-state index contributed by atoms with van der Waals surface area (Å²) in [5.41, 5.74) is 2.25. The summed E-state index contributed by atoms with van der Waals surface area (Å²) in [4.78, 5) is 4.36. The summed E-state index contributed by atoms with van der Waals surface area (Å²) >= 11 is 9.68. The molecule has 0 saturated carbocycles. The van der Waals surface area contributed by atoms with E-state index in [4.69, 9.17) is 11.6 Å². The number of rotatable bonds is 5. The van der Waals surface area contributed by atoms with Crippen LogP contribution in [-0.4, -0.2) is 18.1 Å². The molecule has 1 aromatic heterocycles. The van der Waals surface area contributed by atoms with Crippen LogP contribution in [0.4, 0.5) is 0 Å². The zero-order valence-corrected chi connectivity index (χ0v) is 13.1. The average Bonchev–Trinajstić information content (AvgIpc) is 2.42. The van der Waals surface area contributed by atoms with Crippen LogP contribution in [0.5, 0.6) is 0 Å². The third kappa shape index (κ3) is 4.30. The first-order valence-corrected chi connectivity index (χ1v) is 7.37. The van der Waals surface area contributed by atoms with E-state index in [1.54, 1.807) is 0 Å². The topological polar surface area (TPSA) is 24.9 Å². The molecular formula is C15H16BrClN2. The molecule has 0 spiro atoms. The molecule has 0 bridgehead atoms. The van der Waals surface area contributed by atoms with Crippen LogP contribution in [0.3, 0.4) is 0 Å². The molecule has 0 radical (unpaired) electrons. The number of pyridine rings is 1. The Bertz CT molecular complexity index is 531. The highest BCUT2D eigenvalue weighted by molar-refractivity contribution is 9.10. The molecule has 1 aromatic carbocycles. The lowest BCUT2D eigenvalue weighted by Gasteiger charge is -2.16. The van der Waals surface area contributed by atoms with Crippen molar-refractivity contribution in [3.05, 3.63) is 63.3 Å². The molecule has 0 amide bonds. The first-order chi connectivity index (χ1) is 9.19. The molecule has 1 unspecified atom stereocenters. The Hall–Kier alpha value is -0.900.